The summed E-state index contributed by atoms with van der Waals surface area (Å²) < 4.78 is 1.50. The molecule has 0 saturated heterocycles. The standard InChI is InChI=1S/C10H9N5O4/c1-14-5-4-8(13-14)12-9-7(15(18)19)3-2-6(11-9)10(16)17/h2-5H,1H3,(H,16,17)(H,11,12,13). The molecule has 9 heteroatoms. The molecule has 0 radical (unpaired) electrons. The zero-order valence-corrected chi connectivity index (χ0v) is 9.77. The van der Waals surface area contributed by atoms with Crippen LogP contribution in [0.5, 0.6) is 0 Å². The molecule has 9 nitrogen and oxygen atoms in total. The van der Waals surface area contributed by atoms with Crippen molar-refractivity contribution in [2.75, 3.05) is 5.32 Å². The summed E-state index contributed by atoms with van der Waals surface area (Å²) in [5.74, 6) is -1.09. The van der Waals surface area contributed by atoms with Crippen LogP contribution in [-0.2, 0) is 7.05 Å². The van der Waals surface area contributed by atoms with Crippen molar-refractivity contribution in [3.63, 3.8) is 0 Å². The third-order valence-corrected chi connectivity index (χ3v) is 2.25. The molecule has 0 bridgehead atoms. The Bertz CT molecular complexity index is 651. The Morgan fingerprint density at radius 2 is 2.21 bits per heavy atom. The number of hydrogen-bond acceptors (Lipinski definition) is 6. The van der Waals surface area contributed by atoms with Crippen LogP contribution in [0.25, 0.3) is 0 Å². The third-order valence-electron chi connectivity index (χ3n) is 2.25. The van der Waals surface area contributed by atoms with Crippen LogP contribution in [0.2, 0.25) is 0 Å². The van der Waals surface area contributed by atoms with E-state index in [-0.39, 0.29) is 17.2 Å². The van der Waals surface area contributed by atoms with Gasteiger partial charge in [0.25, 0.3) is 0 Å². The number of carboxylic acid groups (broad SMARTS) is 1. The zero-order chi connectivity index (χ0) is 14.0. The summed E-state index contributed by atoms with van der Waals surface area (Å²) in [5.41, 5.74) is -0.611. The minimum atomic E-state index is -1.26. The van der Waals surface area contributed by atoms with E-state index in [2.05, 4.69) is 15.4 Å². The lowest BCUT2D eigenvalue weighted by Gasteiger charge is -2.04. The first-order valence-corrected chi connectivity index (χ1v) is 5.13. The second kappa shape index (κ2) is 4.72. The molecule has 19 heavy (non-hydrogen) atoms. The Labute approximate surface area is 106 Å². The number of carbonyl (C=O) groups is 1. The highest BCUT2D eigenvalue weighted by atomic mass is 16.6. The number of hydrogen-bond donors (Lipinski definition) is 2. The molecule has 0 aliphatic rings. The quantitative estimate of drug-likeness (QED) is 0.626. The normalized spacial score (nSPS) is 10.2. The molecule has 2 rings (SSSR count). The molecule has 0 amide bonds. The molecule has 0 unspecified atom stereocenters. The highest BCUT2D eigenvalue weighted by Gasteiger charge is 2.19. The number of rotatable bonds is 4. The number of nitrogens with zero attached hydrogens (tertiary/aromatic N) is 4. The van der Waals surface area contributed by atoms with Crippen molar-refractivity contribution in [1.29, 1.82) is 0 Å². The van der Waals surface area contributed by atoms with Gasteiger partial charge in [-0.05, 0) is 6.07 Å². The van der Waals surface area contributed by atoms with Crippen LogP contribution in [0.15, 0.2) is 24.4 Å². The van der Waals surface area contributed by atoms with Crippen LogP contribution in [0.3, 0.4) is 0 Å². The van der Waals surface area contributed by atoms with E-state index in [1.807, 2.05) is 0 Å². The van der Waals surface area contributed by atoms with Gasteiger partial charge in [0.05, 0.1) is 4.92 Å². The van der Waals surface area contributed by atoms with Crippen LogP contribution in [0.1, 0.15) is 10.5 Å². The Hall–Kier alpha value is -2.97. The van der Waals surface area contributed by atoms with Gasteiger partial charge in [-0.15, -0.1) is 0 Å². The van der Waals surface area contributed by atoms with Crippen LogP contribution < -0.4 is 5.32 Å². The maximum atomic E-state index is 10.9. The average molecular weight is 263 g/mol. The first kappa shape index (κ1) is 12.5. The molecule has 2 aromatic heterocycles. The number of nitro groups is 1. The summed E-state index contributed by atoms with van der Waals surface area (Å²) in [4.78, 5) is 24.7. The van der Waals surface area contributed by atoms with Gasteiger partial charge in [0.2, 0.25) is 5.82 Å². The fourth-order valence-corrected chi connectivity index (χ4v) is 1.41. The van der Waals surface area contributed by atoms with Crippen molar-refractivity contribution in [1.82, 2.24) is 14.8 Å². The number of aromatic carboxylic acids is 1. The predicted octanol–water partition coefficient (Wildman–Crippen LogP) is 1.17. The Balaban J connectivity index is 2.42. The van der Waals surface area contributed by atoms with Crippen molar-refractivity contribution < 1.29 is 14.8 Å². The number of carboxylic acids is 1. The molecule has 2 N–H and O–H groups in total. The largest absolute Gasteiger partial charge is 0.477 e. The summed E-state index contributed by atoms with van der Waals surface area (Å²) >= 11 is 0. The fraction of sp³-hybridized carbons (Fsp3) is 0.100. The number of pyridine rings is 1. The van der Waals surface area contributed by atoms with E-state index >= 15 is 0 Å². The maximum Gasteiger partial charge on any atom is 0.354 e. The lowest BCUT2D eigenvalue weighted by atomic mass is 10.3. The molecule has 0 fully saturated rings. The van der Waals surface area contributed by atoms with Gasteiger partial charge in [-0.25, -0.2) is 9.78 Å². The number of nitrogens with one attached hydrogen (secondary N) is 1. The molecular formula is C10H9N5O4. The molecule has 2 heterocycles. The SMILES string of the molecule is Cn1ccc(Nc2nc(C(=O)O)ccc2[N+](=O)[O-])n1. The summed E-state index contributed by atoms with van der Waals surface area (Å²) in [6, 6.07) is 3.74. The summed E-state index contributed by atoms with van der Waals surface area (Å²) in [5, 5.41) is 26.3. The maximum absolute atomic E-state index is 10.9. The summed E-state index contributed by atoms with van der Waals surface area (Å²) in [6.45, 7) is 0. The first-order chi connectivity index (χ1) is 8.97. The molecule has 2 aromatic rings. The van der Waals surface area contributed by atoms with E-state index < -0.39 is 10.9 Å². The fourth-order valence-electron chi connectivity index (χ4n) is 1.41. The second-order valence-electron chi connectivity index (χ2n) is 3.63. The van der Waals surface area contributed by atoms with Crippen LogP contribution >= 0.6 is 0 Å². The van der Waals surface area contributed by atoms with Crippen molar-refractivity contribution >= 4 is 23.3 Å². The van der Waals surface area contributed by atoms with Gasteiger partial charge in [-0.3, -0.25) is 14.8 Å². The predicted molar refractivity (Wildman–Crippen MR) is 64.3 cm³/mol. The van der Waals surface area contributed by atoms with E-state index in [1.54, 1.807) is 19.3 Å². The molecular weight excluding hydrogens is 254 g/mol. The number of aryl methyl sites for hydroxylation is 1. The second-order valence-corrected chi connectivity index (χ2v) is 3.63. The number of aromatic nitrogens is 3. The monoisotopic (exact) mass is 263 g/mol. The molecule has 0 spiro atoms. The van der Waals surface area contributed by atoms with Gasteiger partial charge >= 0.3 is 11.7 Å². The third kappa shape index (κ3) is 2.65. The Morgan fingerprint density at radius 3 is 2.74 bits per heavy atom. The minimum absolute atomic E-state index is 0.163. The number of anilines is 2. The van der Waals surface area contributed by atoms with E-state index in [9.17, 15) is 14.9 Å². The van der Waals surface area contributed by atoms with Gasteiger partial charge < -0.3 is 10.4 Å². The van der Waals surface area contributed by atoms with Crippen molar-refractivity contribution in [2.24, 2.45) is 7.05 Å². The summed E-state index contributed by atoms with van der Waals surface area (Å²) in [6.07, 6.45) is 1.63. The van der Waals surface area contributed by atoms with Gasteiger partial charge in [0.15, 0.2) is 11.5 Å². The van der Waals surface area contributed by atoms with E-state index in [1.165, 1.54) is 4.68 Å². The van der Waals surface area contributed by atoms with Gasteiger partial charge in [0, 0.05) is 25.4 Å². The van der Waals surface area contributed by atoms with Gasteiger partial charge in [0.1, 0.15) is 0 Å². The topological polar surface area (TPSA) is 123 Å². The van der Waals surface area contributed by atoms with E-state index in [4.69, 9.17) is 5.11 Å². The molecule has 0 aromatic carbocycles. The Morgan fingerprint density at radius 1 is 1.47 bits per heavy atom. The van der Waals surface area contributed by atoms with Crippen molar-refractivity contribution in [3.05, 3.63) is 40.2 Å². The van der Waals surface area contributed by atoms with Crippen LogP contribution in [0, 0.1) is 10.1 Å². The Kier molecular flexibility index (Phi) is 3.10. The molecule has 98 valence electrons. The minimum Gasteiger partial charge on any atom is -0.477 e. The van der Waals surface area contributed by atoms with Crippen LogP contribution in [-0.4, -0.2) is 30.8 Å². The highest BCUT2D eigenvalue weighted by molar-refractivity contribution is 5.86. The lowest BCUT2D eigenvalue weighted by Crippen LogP contribution is -2.06. The van der Waals surface area contributed by atoms with Gasteiger partial charge in [-0.2, -0.15) is 5.10 Å². The van der Waals surface area contributed by atoms with E-state index in [0.717, 1.165) is 12.1 Å². The van der Waals surface area contributed by atoms with Crippen LogP contribution in [0.4, 0.5) is 17.3 Å². The molecule has 0 aliphatic carbocycles. The first-order valence-electron chi connectivity index (χ1n) is 5.13. The molecule has 0 aliphatic heterocycles. The zero-order valence-electron chi connectivity index (χ0n) is 9.77. The lowest BCUT2D eigenvalue weighted by molar-refractivity contribution is -0.384. The average Bonchev–Trinajstić information content (AvgIpc) is 2.74. The van der Waals surface area contributed by atoms with Gasteiger partial charge in [-0.1, -0.05) is 0 Å². The smallest absolute Gasteiger partial charge is 0.354 e. The highest BCUT2D eigenvalue weighted by Crippen LogP contribution is 2.24. The molecule has 0 saturated carbocycles. The van der Waals surface area contributed by atoms with Crippen molar-refractivity contribution in [2.45, 2.75) is 0 Å². The molecule has 0 atom stereocenters. The van der Waals surface area contributed by atoms with Crippen molar-refractivity contribution in [3.8, 4) is 0 Å². The summed E-state index contributed by atoms with van der Waals surface area (Å²) in [7, 11) is 1.68. The van der Waals surface area contributed by atoms with E-state index in [0.29, 0.717) is 5.82 Å².